The maximum absolute atomic E-state index is 10.9. The third kappa shape index (κ3) is 5.72. The molecule has 0 radical (unpaired) electrons. The van der Waals surface area contributed by atoms with Crippen molar-refractivity contribution in [1.82, 2.24) is 14.9 Å². The number of aromatic carboxylic acids is 1. The second-order valence-corrected chi connectivity index (χ2v) is 5.74. The molecule has 1 heterocycles. The van der Waals surface area contributed by atoms with Crippen LogP contribution in [0.15, 0.2) is 36.7 Å². The van der Waals surface area contributed by atoms with Gasteiger partial charge in [-0.3, -0.25) is 9.88 Å². The summed E-state index contributed by atoms with van der Waals surface area (Å²) in [5.41, 5.74) is 3.18. The van der Waals surface area contributed by atoms with Crippen LogP contribution in [0.2, 0.25) is 0 Å². The first-order chi connectivity index (χ1) is 11.6. The molecular formula is C18H23N3O3. The average molecular weight is 329 g/mol. The number of hydrogen-bond donors (Lipinski definition) is 1. The number of benzene rings is 1. The lowest BCUT2D eigenvalue weighted by Gasteiger charge is -2.22. The molecule has 2 aromatic rings. The Balaban J connectivity index is 2.04. The number of carboxylic acid groups (broad SMARTS) is 1. The average Bonchev–Trinajstić information content (AvgIpc) is 2.57. The van der Waals surface area contributed by atoms with E-state index in [0.717, 1.165) is 25.2 Å². The van der Waals surface area contributed by atoms with Gasteiger partial charge in [-0.25, -0.2) is 9.78 Å². The van der Waals surface area contributed by atoms with Crippen molar-refractivity contribution in [1.29, 1.82) is 0 Å². The molecule has 1 N–H and O–H groups in total. The summed E-state index contributed by atoms with van der Waals surface area (Å²) in [6.45, 7) is 5.05. The van der Waals surface area contributed by atoms with Gasteiger partial charge in [0.1, 0.15) is 0 Å². The molecule has 0 bridgehead atoms. The largest absolute Gasteiger partial charge is 0.476 e. The highest BCUT2D eigenvalue weighted by Gasteiger charge is 2.10. The number of ether oxygens (including phenoxy) is 1. The lowest BCUT2D eigenvalue weighted by atomic mass is 10.1. The zero-order valence-corrected chi connectivity index (χ0v) is 14.1. The van der Waals surface area contributed by atoms with E-state index in [2.05, 4.69) is 46.1 Å². The van der Waals surface area contributed by atoms with E-state index in [1.165, 1.54) is 23.5 Å². The summed E-state index contributed by atoms with van der Waals surface area (Å²) in [7, 11) is 1.69. The number of nitrogens with zero attached hydrogens (tertiary/aromatic N) is 3. The van der Waals surface area contributed by atoms with Gasteiger partial charge in [0.2, 0.25) is 0 Å². The van der Waals surface area contributed by atoms with Gasteiger partial charge in [-0.05, 0) is 18.9 Å². The van der Waals surface area contributed by atoms with Crippen LogP contribution in [0.1, 0.15) is 33.7 Å². The standard InChI is InChI=1S/C18H23N3O3/c1-14-4-6-15(7-5-14)12-21(8-3-9-24-2)13-16-10-20-17(11-19-16)18(22)23/h4-7,10-11H,3,8-9,12-13H2,1-2H3,(H,22,23). The van der Waals surface area contributed by atoms with Crippen molar-refractivity contribution in [3.63, 3.8) is 0 Å². The van der Waals surface area contributed by atoms with Gasteiger partial charge >= 0.3 is 5.97 Å². The van der Waals surface area contributed by atoms with Crippen LogP contribution in [-0.2, 0) is 17.8 Å². The smallest absolute Gasteiger partial charge is 0.356 e. The van der Waals surface area contributed by atoms with Gasteiger partial charge in [0, 0.05) is 33.4 Å². The van der Waals surface area contributed by atoms with Crippen molar-refractivity contribution in [3.8, 4) is 0 Å². The zero-order chi connectivity index (χ0) is 17.4. The van der Waals surface area contributed by atoms with Gasteiger partial charge in [0.25, 0.3) is 0 Å². The first-order valence-corrected chi connectivity index (χ1v) is 7.89. The van der Waals surface area contributed by atoms with Gasteiger partial charge in [-0.15, -0.1) is 0 Å². The Morgan fingerprint density at radius 2 is 1.92 bits per heavy atom. The van der Waals surface area contributed by atoms with E-state index in [1.807, 2.05) is 0 Å². The van der Waals surface area contributed by atoms with Crippen molar-refractivity contribution >= 4 is 5.97 Å². The summed E-state index contributed by atoms with van der Waals surface area (Å²) in [5, 5.41) is 8.89. The van der Waals surface area contributed by atoms with Crippen LogP contribution in [0.3, 0.4) is 0 Å². The van der Waals surface area contributed by atoms with Gasteiger partial charge < -0.3 is 9.84 Å². The van der Waals surface area contributed by atoms with Crippen molar-refractivity contribution in [2.75, 3.05) is 20.3 Å². The predicted octanol–water partition coefficient (Wildman–Crippen LogP) is 2.52. The Kier molecular flexibility index (Phi) is 6.84. The van der Waals surface area contributed by atoms with Crippen LogP contribution < -0.4 is 0 Å². The van der Waals surface area contributed by atoms with E-state index >= 15 is 0 Å². The van der Waals surface area contributed by atoms with Gasteiger partial charge in [0.05, 0.1) is 18.1 Å². The topological polar surface area (TPSA) is 75.5 Å². The highest BCUT2D eigenvalue weighted by molar-refractivity contribution is 5.84. The Hall–Kier alpha value is -2.31. The van der Waals surface area contributed by atoms with Crippen LogP contribution in [-0.4, -0.2) is 46.2 Å². The molecule has 6 heteroatoms. The van der Waals surface area contributed by atoms with Crippen LogP contribution in [0.4, 0.5) is 0 Å². The maximum Gasteiger partial charge on any atom is 0.356 e. The van der Waals surface area contributed by atoms with Crippen molar-refractivity contribution in [2.45, 2.75) is 26.4 Å². The zero-order valence-electron chi connectivity index (χ0n) is 14.1. The summed E-state index contributed by atoms with van der Waals surface area (Å²) in [4.78, 5) is 21.2. The number of carboxylic acids is 1. The minimum absolute atomic E-state index is 0.0387. The fraction of sp³-hybridized carbons (Fsp3) is 0.389. The normalized spacial score (nSPS) is 11.0. The molecule has 0 unspecified atom stereocenters. The molecule has 0 saturated heterocycles. The molecular weight excluding hydrogens is 306 g/mol. The lowest BCUT2D eigenvalue weighted by molar-refractivity contribution is 0.0690. The van der Waals surface area contributed by atoms with Gasteiger partial charge in [0.15, 0.2) is 5.69 Å². The molecule has 0 aliphatic carbocycles. The van der Waals surface area contributed by atoms with E-state index in [1.54, 1.807) is 7.11 Å². The van der Waals surface area contributed by atoms with Crippen LogP contribution in [0, 0.1) is 6.92 Å². The number of methoxy groups -OCH3 is 1. The molecule has 128 valence electrons. The van der Waals surface area contributed by atoms with E-state index in [0.29, 0.717) is 13.2 Å². The molecule has 1 aromatic heterocycles. The Morgan fingerprint density at radius 1 is 1.17 bits per heavy atom. The third-order valence-corrected chi connectivity index (χ3v) is 3.66. The van der Waals surface area contributed by atoms with E-state index in [4.69, 9.17) is 9.84 Å². The number of carbonyl (C=O) groups is 1. The van der Waals surface area contributed by atoms with Crippen LogP contribution >= 0.6 is 0 Å². The monoisotopic (exact) mass is 329 g/mol. The molecule has 0 amide bonds. The minimum Gasteiger partial charge on any atom is -0.476 e. The van der Waals surface area contributed by atoms with Gasteiger partial charge in [-0.2, -0.15) is 0 Å². The van der Waals surface area contributed by atoms with Crippen molar-refractivity contribution in [3.05, 3.63) is 59.2 Å². The fourth-order valence-corrected chi connectivity index (χ4v) is 2.37. The number of aromatic nitrogens is 2. The van der Waals surface area contributed by atoms with E-state index in [-0.39, 0.29) is 5.69 Å². The summed E-state index contributed by atoms with van der Waals surface area (Å²) < 4.78 is 5.13. The molecule has 2 rings (SSSR count). The number of aryl methyl sites for hydroxylation is 1. The Labute approximate surface area is 142 Å². The molecule has 0 atom stereocenters. The van der Waals surface area contributed by atoms with Crippen molar-refractivity contribution in [2.24, 2.45) is 0 Å². The fourth-order valence-electron chi connectivity index (χ4n) is 2.37. The summed E-state index contributed by atoms with van der Waals surface area (Å²) in [6, 6.07) is 8.45. The van der Waals surface area contributed by atoms with Crippen LogP contribution in [0.5, 0.6) is 0 Å². The Bertz CT molecular complexity index is 642. The molecule has 6 nitrogen and oxygen atoms in total. The molecule has 0 aliphatic heterocycles. The Morgan fingerprint density at radius 3 is 2.50 bits per heavy atom. The highest BCUT2D eigenvalue weighted by Crippen LogP contribution is 2.10. The van der Waals surface area contributed by atoms with Crippen LogP contribution in [0.25, 0.3) is 0 Å². The number of hydrogen-bond acceptors (Lipinski definition) is 5. The summed E-state index contributed by atoms with van der Waals surface area (Å²) in [6.07, 6.45) is 3.75. The molecule has 0 spiro atoms. The first kappa shape index (κ1) is 18.0. The molecule has 0 aliphatic rings. The molecule has 1 aromatic carbocycles. The SMILES string of the molecule is COCCCN(Cc1ccc(C)cc1)Cc1cnc(C(=O)O)cn1. The third-order valence-electron chi connectivity index (χ3n) is 3.66. The summed E-state index contributed by atoms with van der Waals surface area (Å²) in [5.74, 6) is -1.06. The highest BCUT2D eigenvalue weighted by atomic mass is 16.5. The number of rotatable bonds is 9. The van der Waals surface area contributed by atoms with Crippen molar-refractivity contribution < 1.29 is 14.6 Å². The first-order valence-electron chi connectivity index (χ1n) is 7.89. The molecule has 0 fully saturated rings. The van der Waals surface area contributed by atoms with E-state index < -0.39 is 5.97 Å². The maximum atomic E-state index is 10.9. The van der Waals surface area contributed by atoms with E-state index in [9.17, 15) is 4.79 Å². The molecule has 0 saturated carbocycles. The summed E-state index contributed by atoms with van der Waals surface area (Å²) >= 11 is 0. The second kappa shape index (κ2) is 9.10. The predicted molar refractivity (Wildman–Crippen MR) is 90.8 cm³/mol. The molecule has 24 heavy (non-hydrogen) atoms. The quantitative estimate of drug-likeness (QED) is 0.713. The lowest BCUT2D eigenvalue weighted by Crippen LogP contribution is -2.25. The minimum atomic E-state index is -1.06. The second-order valence-electron chi connectivity index (χ2n) is 5.74. The van der Waals surface area contributed by atoms with Gasteiger partial charge in [-0.1, -0.05) is 29.8 Å².